The molecular formula is C9H12F3N3O. The van der Waals surface area contributed by atoms with Crippen molar-refractivity contribution in [2.75, 3.05) is 18.0 Å². The molecule has 0 aliphatic carbocycles. The van der Waals surface area contributed by atoms with E-state index in [0.717, 1.165) is 0 Å². The number of aliphatic hydroxyl groups is 1. The lowest BCUT2D eigenvalue weighted by molar-refractivity contribution is -0.261. The maximum absolute atomic E-state index is 12.6. The average molecular weight is 235 g/mol. The summed E-state index contributed by atoms with van der Waals surface area (Å²) >= 11 is 0. The Bertz CT molecular complexity index is 351. The Hall–Kier alpha value is -1.24. The molecule has 0 amide bonds. The van der Waals surface area contributed by atoms with E-state index in [0.29, 0.717) is 18.8 Å². The highest BCUT2D eigenvalue weighted by Gasteiger charge is 2.55. The van der Waals surface area contributed by atoms with E-state index >= 15 is 0 Å². The van der Waals surface area contributed by atoms with Gasteiger partial charge in [0.25, 0.3) is 0 Å². The summed E-state index contributed by atoms with van der Waals surface area (Å²) in [5.74, 6) is 0.433. The number of halogens is 3. The zero-order valence-corrected chi connectivity index (χ0v) is 8.46. The van der Waals surface area contributed by atoms with Crippen LogP contribution in [0.4, 0.5) is 19.0 Å². The highest BCUT2D eigenvalue weighted by Crippen LogP contribution is 2.37. The Morgan fingerprint density at radius 2 is 2.25 bits per heavy atom. The second-order valence-electron chi connectivity index (χ2n) is 3.99. The first-order valence-electron chi connectivity index (χ1n) is 4.96. The maximum Gasteiger partial charge on any atom is 0.418 e. The van der Waals surface area contributed by atoms with E-state index in [-0.39, 0.29) is 6.42 Å². The SMILES string of the molecule is O[C@]1(C(F)(F)F)CCCN(c2cc[nH]n2)C1. The third kappa shape index (κ3) is 1.87. The Morgan fingerprint density at radius 3 is 2.81 bits per heavy atom. The van der Waals surface area contributed by atoms with Crippen molar-refractivity contribution >= 4 is 5.82 Å². The van der Waals surface area contributed by atoms with E-state index in [1.807, 2.05) is 0 Å². The zero-order chi connectivity index (χ0) is 11.8. The molecule has 0 aromatic carbocycles. The number of piperidine rings is 1. The van der Waals surface area contributed by atoms with E-state index < -0.39 is 18.3 Å². The van der Waals surface area contributed by atoms with E-state index in [1.54, 1.807) is 6.07 Å². The minimum Gasteiger partial charge on any atom is -0.379 e. The molecule has 1 saturated heterocycles. The molecule has 4 nitrogen and oxygen atoms in total. The molecule has 1 aliphatic heterocycles. The summed E-state index contributed by atoms with van der Waals surface area (Å²) in [6.07, 6.45) is -3.02. The third-order valence-electron chi connectivity index (χ3n) is 2.81. The van der Waals surface area contributed by atoms with Crippen molar-refractivity contribution in [1.29, 1.82) is 0 Å². The summed E-state index contributed by atoms with van der Waals surface area (Å²) in [5.41, 5.74) is -2.62. The summed E-state index contributed by atoms with van der Waals surface area (Å²) in [5, 5.41) is 15.9. The Balaban J connectivity index is 2.16. The van der Waals surface area contributed by atoms with Crippen molar-refractivity contribution in [3.8, 4) is 0 Å². The first-order chi connectivity index (χ1) is 7.42. The Morgan fingerprint density at radius 1 is 1.50 bits per heavy atom. The van der Waals surface area contributed by atoms with Crippen LogP contribution in [-0.4, -0.2) is 40.2 Å². The summed E-state index contributed by atoms with van der Waals surface area (Å²) in [4.78, 5) is 1.44. The van der Waals surface area contributed by atoms with Gasteiger partial charge in [0.1, 0.15) is 5.82 Å². The number of β-amino-alcohol motifs (C(OH)–C–C–N with tert-alkyl or cyclic N) is 1. The van der Waals surface area contributed by atoms with Gasteiger partial charge >= 0.3 is 6.18 Å². The van der Waals surface area contributed by atoms with Crippen molar-refractivity contribution in [2.24, 2.45) is 0 Å². The summed E-state index contributed by atoms with van der Waals surface area (Å²) in [6.45, 7) is 0.0184. The number of nitrogens with zero attached hydrogens (tertiary/aromatic N) is 2. The molecule has 0 unspecified atom stereocenters. The molecular weight excluding hydrogens is 223 g/mol. The maximum atomic E-state index is 12.6. The minimum atomic E-state index is -4.60. The quantitative estimate of drug-likeness (QED) is 0.771. The number of anilines is 1. The van der Waals surface area contributed by atoms with Crippen molar-refractivity contribution in [3.05, 3.63) is 12.3 Å². The first kappa shape index (κ1) is 11.3. The summed E-state index contributed by atoms with van der Waals surface area (Å²) in [6, 6.07) is 1.59. The molecule has 1 aromatic heterocycles. The van der Waals surface area contributed by atoms with E-state index in [1.165, 1.54) is 11.1 Å². The van der Waals surface area contributed by atoms with Crippen LogP contribution in [-0.2, 0) is 0 Å². The standard InChI is InChI=1S/C9H12F3N3O/c10-9(11,12)8(16)3-1-5-15(6-8)7-2-4-13-14-7/h2,4,16H,1,3,5-6H2,(H,13,14)/t8-/m1/s1. The monoisotopic (exact) mass is 235 g/mol. The number of hydrogen-bond acceptors (Lipinski definition) is 3. The molecule has 16 heavy (non-hydrogen) atoms. The Kier molecular flexibility index (Phi) is 2.57. The van der Waals surface area contributed by atoms with Crippen molar-refractivity contribution < 1.29 is 18.3 Å². The predicted octanol–water partition coefficient (Wildman–Crippen LogP) is 1.30. The first-order valence-corrected chi connectivity index (χ1v) is 4.96. The molecule has 0 bridgehead atoms. The van der Waals surface area contributed by atoms with Crippen molar-refractivity contribution in [1.82, 2.24) is 10.2 Å². The van der Waals surface area contributed by atoms with Crippen LogP contribution in [0, 0.1) is 0 Å². The highest BCUT2D eigenvalue weighted by atomic mass is 19.4. The number of alkyl halides is 3. The molecule has 90 valence electrons. The van der Waals surface area contributed by atoms with Gasteiger partial charge in [-0.05, 0) is 12.8 Å². The minimum absolute atomic E-state index is 0.253. The molecule has 1 fully saturated rings. The van der Waals surface area contributed by atoms with Crippen molar-refractivity contribution in [2.45, 2.75) is 24.6 Å². The van der Waals surface area contributed by atoms with Gasteiger partial charge in [-0.3, -0.25) is 5.10 Å². The molecule has 0 spiro atoms. The van der Waals surface area contributed by atoms with E-state index in [4.69, 9.17) is 0 Å². The molecule has 2 rings (SSSR count). The van der Waals surface area contributed by atoms with Crippen LogP contribution in [0.15, 0.2) is 12.3 Å². The average Bonchev–Trinajstić information content (AvgIpc) is 2.68. The van der Waals surface area contributed by atoms with Crippen LogP contribution in [0.2, 0.25) is 0 Å². The fraction of sp³-hybridized carbons (Fsp3) is 0.667. The number of aromatic amines is 1. The number of nitrogens with one attached hydrogen (secondary N) is 1. The lowest BCUT2D eigenvalue weighted by Crippen LogP contribution is -2.57. The topological polar surface area (TPSA) is 52.1 Å². The zero-order valence-electron chi connectivity index (χ0n) is 8.46. The normalized spacial score (nSPS) is 27.1. The van der Waals surface area contributed by atoms with Gasteiger partial charge in [-0.25, -0.2) is 0 Å². The Labute approximate surface area is 90.1 Å². The molecule has 1 aromatic rings. The number of rotatable bonds is 1. The molecule has 0 saturated carbocycles. The second kappa shape index (κ2) is 3.65. The van der Waals surface area contributed by atoms with Crippen LogP contribution in [0.3, 0.4) is 0 Å². The molecule has 2 heterocycles. The molecule has 2 N–H and O–H groups in total. The van der Waals surface area contributed by atoms with E-state index in [9.17, 15) is 18.3 Å². The van der Waals surface area contributed by atoms with Crippen LogP contribution >= 0.6 is 0 Å². The van der Waals surface area contributed by atoms with Crippen LogP contribution < -0.4 is 4.90 Å². The lowest BCUT2D eigenvalue weighted by atomic mass is 9.92. The van der Waals surface area contributed by atoms with Crippen LogP contribution in [0.5, 0.6) is 0 Å². The van der Waals surface area contributed by atoms with Gasteiger partial charge in [-0.15, -0.1) is 0 Å². The summed E-state index contributed by atoms with van der Waals surface area (Å²) < 4.78 is 37.9. The van der Waals surface area contributed by atoms with Crippen LogP contribution in [0.25, 0.3) is 0 Å². The molecule has 0 radical (unpaired) electrons. The number of aromatic nitrogens is 2. The van der Waals surface area contributed by atoms with Gasteiger partial charge in [-0.1, -0.05) is 0 Å². The largest absolute Gasteiger partial charge is 0.418 e. The second-order valence-corrected chi connectivity index (χ2v) is 3.99. The third-order valence-corrected chi connectivity index (χ3v) is 2.81. The van der Waals surface area contributed by atoms with Crippen molar-refractivity contribution in [3.63, 3.8) is 0 Å². The summed E-state index contributed by atoms with van der Waals surface area (Å²) in [7, 11) is 0. The predicted molar refractivity (Wildman–Crippen MR) is 51.0 cm³/mol. The lowest BCUT2D eigenvalue weighted by Gasteiger charge is -2.40. The van der Waals surface area contributed by atoms with Gasteiger partial charge in [0.2, 0.25) is 0 Å². The van der Waals surface area contributed by atoms with Gasteiger partial charge < -0.3 is 10.0 Å². The smallest absolute Gasteiger partial charge is 0.379 e. The highest BCUT2D eigenvalue weighted by molar-refractivity contribution is 5.38. The molecule has 1 aliphatic rings. The molecule has 1 atom stereocenters. The van der Waals surface area contributed by atoms with E-state index in [2.05, 4.69) is 10.2 Å². The van der Waals surface area contributed by atoms with Gasteiger partial charge in [0, 0.05) is 18.8 Å². The van der Waals surface area contributed by atoms with Gasteiger partial charge in [0.05, 0.1) is 6.54 Å². The van der Waals surface area contributed by atoms with Gasteiger partial charge in [-0.2, -0.15) is 18.3 Å². The number of hydrogen-bond donors (Lipinski definition) is 2. The van der Waals surface area contributed by atoms with Gasteiger partial charge in [0.15, 0.2) is 5.60 Å². The number of H-pyrrole nitrogens is 1. The fourth-order valence-corrected chi connectivity index (χ4v) is 1.89. The fourth-order valence-electron chi connectivity index (χ4n) is 1.89. The van der Waals surface area contributed by atoms with Crippen LogP contribution in [0.1, 0.15) is 12.8 Å². The molecule has 7 heteroatoms.